The van der Waals surface area contributed by atoms with Crippen LogP contribution in [0.4, 0.5) is 10.1 Å². The van der Waals surface area contributed by atoms with Gasteiger partial charge in [-0.1, -0.05) is 0 Å². The summed E-state index contributed by atoms with van der Waals surface area (Å²) in [6, 6.07) is 10.1. The van der Waals surface area contributed by atoms with Crippen LogP contribution < -0.4 is 14.4 Å². The van der Waals surface area contributed by atoms with Crippen LogP contribution in [0, 0.1) is 5.82 Å². The molecule has 0 amide bonds. The number of sulfonamides is 1. The van der Waals surface area contributed by atoms with Gasteiger partial charge in [0, 0.05) is 37.9 Å². The van der Waals surface area contributed by atoms with E-state index in [1.165, 1.54) is 31.4 Å². The number of anilines is 1. The van der Waals surface area contributed by atoms with E-state index in [0.717, 1.165) is 31.9 Å². The molecule has 28 heavy (non-hydrogen) atoms. The van der Waals surface area contributed by atoms with Crippen LogP contribution in [0.1, 0.15) is 18.5 Å². The van der Waals surface area contributed by atoms with Gasteiger partial charge in [0.25, 0.3) is 0 Å². The molecule has 3 rings (SSSR count). The first-order valence-corrected chi connectivity index (χ1v) is 10.7. The van der Waals surface area contributed by atoms with Crippen molar-refractivity contribution in [2.75, 3.05) is 45.2 Å². The van der Waals surface area contributed by atoms with Crippen molar-refractivity contribution in [2.24, 2.45) is 0 Å². The molecule has 0 saturated carbocycles. The average molecular weight is 408 g/mol. The van der Waals surface area contributed by atoms with E-state index in [4.69, 9.17) is 4.74 Å². The smallest absolute Gasteiger partial charge is 0.241 e. The number of halogens is 1. The maximum Gasteiger partial charge on any atom is 0.241 e. The third-order valence-electron chi connectivity index (χ3n) is 5.00. The van der Waals surface area contributed by atoms with E-state index < -0.39 is 16.1 Å². The third-order valence-corrected chi connectivity index (χ3v) is 6.56. The lowest BCUT2D eigenvalue weighted by atomic mass is 10.0. The molecule has 0 bridgehead atoms. The van der Waals surface area contributed by atoms with Crippen molar-refractivity contribution >= 4 is 15.7 Å². The summed E-state index contributed by atoms with van der Waals surface area (Å²) in [5, 5.41) is 0. The lowest BCUT2D eigenvalue weighted by Gasteiger charge is -2.36. The number of ether oxygens (including phenoxy) is 1. The van der Waals surface area contributed by atoms with Gasteiger partial charge >= 0.3 is 0 Å². The molecule has 6 nitrogen and oxygen atoms in total. The number of hydrogen-bond donors (Lipinski definition) is 1. The fraction of sp³-hybridized carbons (Fsp3) is 0.400. The number of likely N-dealkylation sites (N-methyl/N-ethyl adjacent to an activating group) is 1. The van der Waals surface area contributed by atoms with Crippen molar-refractivity contribution in [3.05, 3.63) is 53.8 Å². The molecule has 2 aromatic carbocycles. The second-order valence-corrected chi connectivity index (χ2v) is 8.73. The van der Waals surface area contributed by atoms with E-state index in [1.807, 2.05) is 0 Å². The van der Waals surface area contributed by atoms with Gasteiger partial charge in [-0.25, -0.2) is 17.5 Å². The Labute approximate surface area is 166 Å². The quantitative estimate of drug-likeness (QED) is 0.798. The fourth-order valence-electron chi connectivity index (χ4n) is 3.33. The lowest BCUT2D eigenvalue weighted by Crippen LogP contribution is -2.45. The largest absolute Gasteiger partial charge is 0.497 e. The summed E-state index contributed by atoms with van der Waals surface area (Å²) in [6.45, 7) is 5.17. The zero-order valence-electron chi connectivity index (χ0n) is 16.4. The highest BCUT2D eigenvalue weighted by Crippen LogP contribution is 2.29. The van der Waals surface area contributed by atoms with E-state index in [1.54, 1.807) is 25.1 Å². The van der Waals surface area contributed by atoms with Gasteiger partial charge in [-0.15, -0.1) is 0 Å². The molecule has 8 heteroatoms. The first-order chi connectivity index (χ1) is 13.3. The standard InChI is InChI=1S/C20H26FN3O3S/c1-15(22-28(25,26)18-7-5-17(27-3)6-8-18)19-14-16(21)4-9-20(19)24-12-10-23(2)11-13-24/h4-9,14-15,22H,10-13H2,1-3H3. The molecule has 152 valence electrons. The maximum atomic E-state index is 14.0. The molecule has 1 fully saturated rings. The van der Waals surface area contributed by atoms with E-state index in [-0.39, 0.29) is 10.7 Å². The Hall–Kier alpha value is -2.16. The molecule has 2 aromatic rings. The average Bonchev–Trinajstić information content (AvgIpc) is 2.68. The van der Waals surface area contributed by atoms with E-state index in [0.29, 0.717) is 11.3 Å². The van der Waals surface area contributed by atoms with Gasteiger partial charge in [-0.3, -0.25) is 0 Å². The molecule has 0 spiro atoms. The minimum atomic E-state index is -3.76. The molecular weight excluding hydrogens is 381 g/mol. The highest BCUT2D eigenvalue weighted by Gasteiger charge is 2.24. The van der Waals surface area contributed by atoms with Gasteiger partial charge < -0.3 is 14.5 Å². The number of benzene rings is 2. The van der Waals surface area contributed by atoms with E-state index in [2.05, 4.69) is 21.6 Å². The normalized spacial score (nSPS) is 16.8. The number of nitrogens with one attached hydrogen (secondary N) is 1. The molecule has 0 aromatic heterocycles. The number of hydrogen-bond acceptors (Lipinski definition) is 5. The summed E-state index contributed by atoms with van der Waals surface area (Å²) in [4.78, 5) is 4.54. The predicted molar refractivity (Wildman–Crippen MR) is 108 cm³/mol. The monoisotopic (exact) mass is 407 g/mol. The number of nitrogens with zero attached hydrogens (tertiary/aromatic N) is 2. The van der Waals surface area contributed by atoms with Crippen molar-refractivity contribution in [3.8, 4) is 5.75 Å². The molecule has 0 aliphatic carbocycles. The van der Waals surface area contributed by atoms with Crippen LogP contribution >= 0.6 is 0 Å². The Morgan fingerprint density at radius 3 is 2.32 bits per heavy atom. The summed E-state index contributed by atoms with van der Waals surface area (Å²) in [7, 11) is -0.171. The van der Waals surface area contributed by atoms with Crippen molar-refractivity contribution < 1.29 is 17.5 Å². The molecule has 0 radical (unpaired) electrons. The molecule has 1 aliphatic rings. The van der Waals surface area contributed by atoms with Crippen LogP contribution in [-0.4, -0.2) is 53.7 Å². The first-order valence-electron chi connectivity index (χ1n) is 9.19. The fourth-order valence-corrected chi connectivity index (χ4v) is 4.55. The second-order valence-electron chi connectivity index (χ2n) is 7.01. The van der Waals surface area contributed by atoms with E-state index >= 15 is 0 Å². The van der Waals surface area contributed by atoms with Crippen LogP contribution in [0.2, 0.25) is 0 Å². The molecule has 1 N–H and O–H groups in total. The maximum absolute atomic E-state index is 14.0. The Morgan fingerprint density at radius 2 is 1.71 bits per heavy atom. The van der Waals surface area contributed by atoms with Crippen molar-refractivity contribution in [1.82, 2.24) is 9.62 Å². The highest BCUT2D eigenvalue weighted by atomic mass is 32.2. The SMILES string of the molecule is COc1ccc(S(=O)(=O)NC(C)c2cc(F)ccc2N2CCN(C)CC2)cc1. The van der Waals surface area contributed by atoms with Crippen molar-refractivity contribution in [1.29, 1.82) is 0 Å². The second kappa shape index (κ2) is 8.46. The summed E-state index contributed by atoms with van der Waals surface area (Å²) < 4.78 is 47.2. The van der Waals surface area contributed by atoms with Crippen LogP contribution in [-0.2, 0) is 10.0 Å². The minimum absolute atomic E-state index is 0.137. The number of methoxy groups -OCH3 is 1. The minimum Gasteiger partial charge on any atom is -0.497 e. The van der Waals surface area contributed by atoms with E-state index in [9.17, 15) is 12.8 Å². The van der Waals surface area contributed by atoms with Gasteiger partial charge in [0.05, 0.1) is 12.0 Å². The predicted octanol–water partition coefficient (Wildman–Crippen LogP) is 2.63. The molecule has 1 saturated heterocycles. The van der Waals surface area contributed by atoms with Gasteiger partial charge in [0.15, 0.2) is 0 Å². The van der Waals surface area contributed by atoms with Crippen LogP contribution in [0.3, 0.4) is 0 Å². The van der Waals surface area contributed by atoms with Crippen molar-refractivity contribution in [2.45, 2.75) is 17.9 Å². The Balaban J connectivity index is 1.85. The summed E-state index contributed by atoms with van der Waals surface area (Å²) >= 11 is 0. The Bertz CT molecular complexity index is 911. The van der Waals surface area contributed by atoms with Gasteiger partial charge in [-0.2, -0.15) is 0 Å². The van der Waals surface area contributed by atoms with Gasteiger partial charge in [0.2, 0.25) is 10.0 Å². The van der Waals surface area contributed by atoms with Gasteiger partial charge in [0.1, 0.15) is 11.6 Å². The lowest BCUT2D eigenvalue weighted by molar-refractivity contribution is 0.312. The Kier molecular flexibility index (Phi) is 6.22. The third kappa shape index (κ3) is 4.63. The molecule has 1 atom stereocenters. The zero-order chi connectivity index (χ0) is 20.3. The molecule has 1 aliphatic heterocycles. The highest BCUT2D eigenvalue weighted by molar-refractivity contribution is 7.89. The van der Waals surface area contributed by atoms with Crippen LogP contribution in [0.15, 0.2) is 47.4 Å². The Morgan fingerprint density at radius 1 is 1.07 bits per heavy atom. The topological polar surface area (TPSA) is 61.9 Å². The van der Waals surface area contributed by atoms with Crippen LogP contribution in [0.25, 0.3) is 0 Å². The van der Waals surface area contributed by atoms with Crippen LogP contribution in [0.5, 0.6) is 5.75 Å². The summed E-state index contributed by atoms with van der Waals surface area (Å²) in [5.41, 5.74) is 1.49. The molecular formula is C20H26FN3O3S. The first kappa shape index (κ1) is 20.6. The van der Waals surface area contributed by atoms with Gasteiger partial charge in [-0.05, 0) is 62.0 Å². The zero-order valence-corrected chi connectivity index (χ0v) is 17.2. The van der Waals surface area contributed by atoms with Crippen molar-refractivity contribution in [3.63, 3.8) is 0 Å². The molecule has 1 unspecified atom stereocenters. The summed E-state index contributed by atoms with van der Waals surface area (Å²) in [6.07, 6.45) is 0. The molecule has 1 heterocycles. The number of piperazine rings is 1. The summed E-state index contributed by atoms with van der Waals surface area (Å²) in [5.74, 6) is 0.192. The number of rotatable bonds is 6.